The summed E-state index contributed by atoms with van der Waals surface area (Å²) in [6, 6.07) is 32.2. The van der Waals surface area contributed by atoms with Crippen molar-refractivity contribution >= 4 is 44.5 Å². The van der Waals surface area contributed by atoms with Crippen LogP contribution in [0.1, 0.15) is 0 Å². The first-order chi connectivity index (χ1) is 15.8. The second kappa shape index (κ2) is 7.84. The normalized spacial score (nSPS) is 11.3. The van der Waals surface area contributed by atoms with E-state index in [9.17, 15) is 0 Å². The summed E-state index contributed by atoms with van der Waals surface area (Å²) in [4.78, 5) is 14.5. The quantitative estimate of drug-likeness (QED) is 0.226. The lowest BCUT2D eigenvalue weighted by molar-refractivity contribution is 0.669. The number of nitrogens with zero attached hydrogens (tertiary/aromatic N) is 3. The smallest absolute Gasteiger partial charge is 0.167 e. The van der Waals surface area contributed by atoms with Gasteiger partial charge in [0.2, 0.25) is 0 Å². The third kappa shape index (κ3) is 3.26. The highest BCUT2D eigenvalue weighted by atomic mass is 127. The van der Waals surface area contributed by atoms with Gasteiger partial charge in [0.15, 0.2) is 17.5 Å². The fourth-order valence-electron chi connectivity index (χ4n) is 3.89. The van der Waals surface area contributed by atoms with Gasteiger partial charge < -0.3 is 4.42 Å². The third-order valence-electron chi connectivity index (χ3n) is 5.42. The Balaban J connectivity index is 1.65. The van der Waals surface area contributed by atoms with Crippen LogP contribution in [0.5, 0.6) is 0 Å². The van der Waals surface area contributed by atoms with Crippen molar-refractivity contribution in [1.82, 2.24) is 15.0 Å². The van der Waals surface area contributed by atoms with Crippen molar-refractivity contribution in [2.45, 2.75) is 0 Å². The van der Waals surface area contributed by atoms with E-state index in [1.54, 1.807) is 0 Å². The number of hydrogen-bond donors (Lipinski definition) is 0. The first-order valence-corrected chi connectivity index (χ1v) is 11.3. The second-order valence-electron chi connectivity index (χ2n) is 7.44. The molecule has 4 aromatic carbocycles. The lowest BCUT2D eigenvalue weighted by Gasteiger charge is -2.09. The number of hydrogen-bond acceptors (Lipinski definition) is 4. The monoisotopic (exact) mass is 525 g/mol. The first kappa shape index (κ1) is 19.1. The van der Waals surface area contributed by atoms with Crippen LogP contribution in [0.3, 0.4) is 0 Å². The molecule has 0 spiro atoms. The maximum Gasteiger partial charge on any atom is 0.167 e. The standard InChI is InChI=1S/C27H16IN3O/c28-21-16-15-20(24-23(21)19-13-7-8-14-22(19)32-24)27-30-25(17-9-3-1-4-10-17)29-26(31-27)18-11-5-2-6-12-18/h1-16H. The van der Waals surface area contributed by atoms with E-state index in [-0.39, 0.29) is 0 Å². The largest absolute Gasteiger partial charge is 0.455 e. The molecule has 6 rings (SSSR count). The molecule has 5 heteroatoms. The summed E-state index contributed by atoms with van der Waals surface area (Å²) >= 11 is 2.36. The van der Waals surface area contributed by atoms with Crippen LogP contribution in [0.4, 0.5) is 0 Å². The van der Waals surface area contributed by atoms with E-state index in [0.717, 1.165) is 42.2 Å². The zero-order valence-corrected chi connectivity index (χ0v) is 19.0. The molecule has 0 aliphatic carbocycles. The molecule has 0 aliphatic heterocycles. The molecule has 0 fully saturated rings. The van der Waals surface area contributed by atoms with Crippen molar-refractivity contribution < 1.29 is 4.42 Å². The number of aromatic nitrogens is 3. The van der Waals surface area contributed by atoms with E-state index in [1.165, 1.54) is 0 Å². The fraction of sp³-hybridized carbons (Fsp3) is 0. The molecule has 0 saturated carbocycles. The molecule has 4 nitrogen and oxygen atoms in total. The van der Waals surface area contributed by atoms with Gasteiger partial charge in [-0.05, 0) is 40.8 Å². The molecule has 0 atom stereocenters. The maximum atomic E-state index is 6.30. The number of halogens is 1. The predicted molar refractivity (Wildman–Crippen MR) is 136 cm³/mol. The molecular weight excluding hydrogens is 509 g/mol. The van der Waals surface area contributed by atoms with Crippen molar-refractivity contribution in [3.63, 3.8) is 0 Å². The highest BCUT2D eigenvalue weighted by molar-refractivity contribution is 14.1. The highest BCUT2D eigenvalue weighted by Gasteiger charge is 2.19. The SMILES string of the molecule is Ic1ccc(-c2nc(-c3ccccc3)nc(-c3ccccc3)n2)c2oc3ccccc3c12. The van der Waals surface area contributed by atoms with Crippen LogP contribution < -0.4 is 0 Å². The lowest BCUT2D eigenvalue weighted by atomic mass is 10.1. The van der Waals surface area contributed by atoms with E-state index in [1.807, 2.05) is 84.9 Å². The van der Waals surface area contributed by atoms with Gasteiger partial charge in [0.1, 0.15) is 11.2 Å². The molecular formula is C27H16IN3O. The minimum absolute atomic E-state index is 0.596. The van der Waals surface area contributed by atoms with E-state index in [2.05, 4.69) is 34.7 Å². The molecule has 32 heavy (non-hydrogen) atoms. The molecule has 0 radical (unpaired) electrons. The Morgan fingerprint density at radius 1 is 0.562 bits per heavy atom. The average Bonchev–Trinajstić information content (AvgIpc) is 3.25. The van der Waals surface area contributed by atoms with Gasteiger partial charge in [0.05, 0.1) is 5.56 Å². The van der Waals surface area contributed by atoms with Gasteiger partial charge in [-0.15, -0.1) is 0 Å². The van der Waals surface area contributed by atoms with E-state index < -0.39 is 0 Å². The van der Waals surface area contributed by atoms with Gasteiger partial charge in [0.25, 0.3) is 0 Å². The molecule has 0 amide bonds. The summed E-state index contributed by atoms with van der Waals surface area (Å²) in [6.45, 7) is 0. The molecule has 0 saturated heterocycles. The molecule has 2 heterocycles. The van der Waals surface area contributed by atoms with Crippen LogP contribution in [-0.4, -0.2) is 15.0 Å². The summed E-state index contributed by atoms with van der Waals surface area (Å²) < 4.78 is 7.44. The van der Waals surface area contributed by atoms with Crippen LogP contribution in [0.25, 0.3) is 56.1 Å². The Morgan fingerprint density at radius 2 is 1.12 bits per heavy atom. The number of fused-ring (bicyclic) bond motifs is 3. The summed E-state index contributed by atoms with van der Waals surface area (Å²) in [5, 5.41) is 2.18. The second-order valence-corrected chi connectivity index (χ2v) is 8.60. The van der Waals surface area contributed by atoms with Gasteiger partial charge in [-0.2, -0.15) is 0 Å². The highest BCUT2D eigenvalue weighted by Crippen LogP contribution is 2.38. The van der Waals surface area contributed by atoms with Crippen molar-refractivity contribution in [2.75, 3.05) is 0 Å². The predicted octanol–water partition coefficient (Wildman–Crippen LogP) is 7.38. The fourth-order valence-corrected chi connectivity index (χ4v) is 4.61. The van der Waals surface area contributed by atoms with Crippen molar-refractivity contribution in [3.8, 4) is 34.2 Å². The van der Waals surface area contributed by atoms with Crippen molar-refractivity contribution in [3.05, 3.63) is 101 Å². The summed E-state index contributed by atoms with van der Waals surface area (Å²) in [7, 11) is 0. The molecule has 6 aromatic rings. The van der Waals surface area contributed by atoms with Gasteiger partial charge in [-0.25, -0.2) is 15.0 Å². The summed E-state index contributed by atoms with van der Waals surface area (Å²) in [5.74, 6) is 1.87. The van der Waals surface area contributed by atoms with E-state index >= 15 is 0 Å². The number of furan rings is 1. The topological polar surface area (TPSA) is 51.8 Å². The molecule has 0 N–H and O–H groups in total. The minimum Gasteiger partial charge on any atom is -0.455 e. The zero-order chi connectivity index (χ0) is 21.5. The Bertz CT molecular complexity index is 1520. The van der Waals surface area contributed by atoms with Crippen LogP contribution in [0.15, 0.2) is 101 Å². The van der Waals surface area contributed by atoms with Crippen LogP contribution in [0, 0.1) is 3.57 Å². The first-order valence-electron chi connectivity index (χ1n) is 10.2. The third-order valence-corrected chi connectivity index (χ3v) is 6.31. The van der Waals surface area contributed by atoms with Gasteiger partial charge in [-0.3, -0.25) is 0 Å². The molecule has 152 valence electrons. The molecule has 2 aromatic heterocycles. The van der Waals surface area contributed by atoms with Crippen LogP contribution in [0.2, 0.25) is 0 Å². The van der Waals surface area contributed by atoms with Crippen molar-refractivity contribution in [2.24, 2.45) is 0 Å². The van der Waals surface area contributed by atoms with Crippen LogP contribution in [-0.2, 0) is 0 Å². The number of benzene rings is 4. The lowest BCUT2D eigenvalue weighted by Crippen LogP contribution is -2.00. The Kier molecular flexibility index (Phi) is 4.69. The maximum absolute atomic E-state index is 6.30. The van der Waals surface area contributed by atoms with Crippen LogP contribution >= 0.6 is 22.6 Å². The number of para-hydroxylation sites is 1. The number of rotatable bonds is 3. The Labute approximate surface area is 198 Å². The van der Waals surface area contributed by atoms with E-state index in [4.69, 9.17) is 19.4 Å². The minimum atomic E-state index is 0.596. The molecule has 0 unspecified atom stereocenters. The molecule has 0 bridgehead atoms. The Hall–Kier alpha value is -3.58. The van der Waals surface area contributed by atoms with Crippen molar-refractivity contribution in [1.29, 1.82) is 0 Å². The summed E-state index contributed by atoms with van der Waals surface area (Å²) in [6.07, 6.45) is 0. The van der Waals surface area contributed by atoms with Gasteiger partial charge in [-0.1, -0.05) is 78.9 Å². The summed E-state index contributed by atoms with van der Waals surface area (Å²) in [5.41, 5.74) is 4.39. The Morgan fingerprint density at radius 3 is 1.78 bits per heavy atom. The van der Waals surface area contributed by atoms with Gasteiger partial charge >= 0.3 is 0 Å². The van der Waals surface area contributed by atoms with Gasteiger partial charge in [0, 0.05) is 25.5 Å². The van der Waals surface area contributed by atoms with E-state index in [0.29, 0.717) is 17.5 Å². The average molecular weight is 525 g/mol. The molecule has 0 aliphatic rings. The zero-order valence-electron chi connectivity index (χ0n) is 16.9.